The van der Waals surface area contributed by atoms with E-state index in [1.54, 1.807) is 18.6 Å². The summed E-state index contributed by atoms with van der Waals surface area (Å²) in [5, 5.41) is 3.86. The minimum atomic E-state index is 0.0811. The van der Waals surface area contributed by atoms with Crippen LogP contribution in [0.15, 0.2) is 53.9 Å². The Hall–Kier alpha value is -3.09. The summed E-state index contributed by atoms with van der Waals surface area (Å²) in [6.45, 7) is 7.59. The van der Waals surface area contributed by atoms with Crippen molar-refractivity contribution in [3.05, 3.63) is 54.4 Å². The molecule has 2 aromatic rings. The number of carbonyl (C=O) groups is 1. The highest BCUT2D eigenvalue weighted by atomic mass is 16.6. The van der Waals surface area contributed by atoms with E-state index in [2.05, 4.69) is 17.1 Å². The van der Waals surface area contributed by atoms with Crippen LogP contribution >= 0.6 is 0 Å². The lowest BCUT2D eigenvalue weighted by atomic mass is 10.0. The fourth-order valence-electron chi connectivity index (χ4n) is 3.27. The van der Waals surface area contributed by atoms with Gasteiger partial charge in [-0.15, -0.1) is 0 Å². The lowest BCUT2D eigenvalue weighted by Gasteiger charge is -2.20. The van der Waals surface area contributed by atoms with Crippen LogP contribution in [0.4, 0.5) is 10.5 Å². The third-order valence-corrected chi connectivity index (χ3v) is 5.13. The molecule has 0 unspecified atom stereocenters. The van der Waals surface area contributed by atoms with Gasteiger partial charge in [-0.25, -0.2) is 4.79 Å². The molecule has 1 saturated heterocycles. The lowest BCUT2D eigenvalue weighted by Crippen LogP contribution is -2.33. The molecule has 0 N–H and O–H groups in total. The van der Waals surface area contributed by atoms with Crippen molar-refractivity contribution in [3.63, 3.8) is 0 Å². The summed E-state index contributed by atoms with van der Waals surface area (Å²) in [5.41, 5.74) is 1.88. The van der Waals surface area contributed by atoms with Crippen LogP contribution < -0.4 is 9.64 Å². The molecule has 1 aliphatic rings. The molecule has 0 bridgehead atoms. The van der Waals surface area contributed by atoms with Gasteiger partial charge in [-0.2, -0.15) is 0 Å². The quantitative estimate of drug-likeness (QED) is 0.411. The van der Waals surface area contributed by atoms with Gasteiger partial charge in [0, 0.05) is 37.7 Å². The second-order valence-corrected chi connectivity index (χ2v) is 7.38. The molecule has 1 aromatic heterocycles. The average molecular weight is 411 g/mol. The number of benzene rings is 1. The number of rotatable bonds is 11. The molecule has 0 aliphatic carbocycles. The maximum Gasteiger partial charge on any atom is 0.324 e. The summed E-state index contributed by atoms with van der Waals surface area (Å²) < 4.78 is 5.85. The van der Waals surface area contributed by atoms with Gasteiger partial charge in [0.2, 0.25) is 0 Å². The average Bonchev–Trinajstić information content (AvgIpc) is 3.14. The molecule has 1 fully saturated rings. The number of oxime groups is 1. The van der Waals surface area contributed by atoms with Crippen molar-refractivity contribution in [1.29, 1.82) is 0 Å². The van der Waals surface area contributed by atoms with Crippen LogP contribution in [0.3, 0.4) is 0 Å². The number of hydrogen-bond donors (Lipinski definition) is 0. The Morgan fingerprint density at radius 1 is 1.13 bits per heavy atom. The van der Waals surface area contributed by atoms with Crippen molar-refractivity contribution in [2.75, 3.05) is 37.7 Å². The predicted octanol–water partition coefficient (Wildman–Crippen LogP) is 4.19. The largest absolute Gasteiger partial charge is 0.494 e. The van der Waals surface area contributed by atoms with E-state index in [-0.39, 0.29) is 6.03 Å². The minimum Gasteiger partial charge on any atom is -0.494 e. The van der Waals surface area contributed by atoms with Gasteiger partial charge >= 0.3 is 6.03 Å². The zero-order valence-corrected chi connectivity index (χ0v) is 17.7. The van der Waals surface area contributed by atoms with Crippen LogP contribution in [0.25, 0.3) is 0 Å². The van der Waals surface area contributed by atoms with Gasteiger partial charge in [-0.05, 0) is 67.6 Å². The molecule has 7 nitrogen and oxygen atoms in total. The Balaban J connectivity index is 1.35. The Bertz CT molecular complexity index is 811. The van der Waals surface area contributed by atoms with Crippen molar-refractivity contribution in [2.45, 2.75) is 26.7 Å². The molecule has 7 heteroatoms. The van der Waals surface area contributed by atoms with E-state index in [0.717, 1.165) is 49.5 Å². The van der Waals surface area contributed by atoms with E-state index in [0.29, 0.717) is 19.1 Å². The zero-order chi connectivity index (χ0) is 21.2. The van der Waals surface area contributed by atoms with E-state index >= 15 is 0 Å². The van der Waals surface area contributed by atoms with Crippen LogP contribution in [-0.4, -0.2) is 55.0 Å². The van der Waals surface area contributed by atoms with Gasteiger partial charge < -0.3 is 14.5 Å². The Labute approximate surface area is 178 Å². The maximum atomic E-state index is 12.6. The summed E-state index contributed by atoms with van der Waals surface area (Å²) in [6.07, 6.45) is 7.03. The molecule has 1 aliphatic heterocycles. The summed E-state index contributed by atoms with van der Waals surface area (Å²) >= 11 is 0. The number of carbonyl (C=O) groups excluding carboxylic acids is 1. The Morgan fingerprint density at radius 3 is 2.63 bits per heavy atom. The van der Waals surface area contributed by atoms with Gasteiger partial charge in [-0.1, -0.05) is 12.1 Å². The first-order chi connectivity index (χ1) is 14.7. The van der Waals surface area contributed by atoms with Crippen molar-refractivity contribution in [3.8, 4) is 5.75 Å². The Kier molecular flexibility index (Phi) is 8.06. The smallest absolute Gasteiger partial charge is 0.324 e. The lowest BCUT2D eigenvalue weighted by molar-refractivity contribution is 0.160. The number of pyridine rings is 1. The second kappa shape index (κ2) is 11.2. The molecule has 1 atom stereocenters. The van der Waals surface area contributed by atoms with Gasteiger partial charge in [0.15, 0.2) is 0 Å². The van der Waals surface area contributed by atoms with E-state index in [1.807, 2.05) is 53.1 Å². The zero-order valence-electron chi connectivity index (χ0n) is 17.7. The van der Waals surface area contributed by atoms with E-state index in [4.69, 9.17) is 9.57 Å². The molecule has 3 rings (SSSR count). The summed E-state index contributed by atoms with van der Waals surface area (Å²) in [7, 11) is 0. The molecule has 2 amide bonds. The first kappa shape index (κ1) is 21.6. The molecule has 160 valence electrons. The number of ether oxygens (including phenoxy) is 1. The molecule has 0 spiro atoms. The fourth-order valence-corrected chi connectivity index (χ4v) is 3.27. The fraction of sp³-hybridized carbons (Fsp3) is 0.435. The topological polar surface area (TPSA) is 67.3 Å². The predicted molar refractivity (Wildman–Crippen MR) is 118 cm³/mol. The maximum absolute atomic E-state index is 12.6. The van der Waals surface area contributed by atoms with Gasteiger partial charge in [0.05, 0.1) is 12.8 Å². The second-order valence-electron chi connectivity index (χ2n) is 7.38. The summed E-state index contributed by atoms with van der Waals surface area (Å²) in [5.74, 6) is 1.32. The minimum absolute atomic E-state index is 0.0811. The van der Waals surface area contributed by atoms with Crippen LogP contribution in [0, 0.1) is 5.92 Å². The van der Waals surface area contributed by atoms with Crippen molar-refractivity contribution >= 4 is 17.9 Å². The SMILES string of the molecule is CCON=Cc1ccc(OCC[C@H](C)CCN2CCN(c3ccncc3)C2=O)cc1. The highest BCUT2D eigenvalue weighted by Gasteiger charge is 2.29. The summed E-state index contributed by atoms with van der Waals surface area (Å²) in [6, 6.07) is 11.6. The van der Waals surface area contributed by atoms with Crippen LogP contribution in [-0.2, 0) is 4.84 Å². The third kappa shape index (κ3) is 6.20. The molecule has 0 radical (unpaired) electrons. The first-order valence-corrected chi connectivity index (χ1v) is 10.5. The molecular formula is C23H30N4O3. The van der Waals surface area contributed by atoms with Gasteiger partial charge in [0.1, 0.15) is 12.4 Å². The number of anilines is 1. The molecule has 2 heterocycles. The van der Waals surface area contributed by atoms with Crippen molar-refractivity contribution < 1.29 is 14.4 Å². The third-order valence-electron chi connectivity index (χ3n) is 5.13. The Morgan fingerprint density at radius 2 is 1.90 bits per heavy atom. The summed E-state index contributed by atoms with van der Waals surface area (Å²) in [4.78, 5) is 25.3. The normalized spacial score (nSPS) is 15.1. The van der Waals surface area contributed by atoms with Gasteiger partial charge in [-0.3, -0.25) is 9.88 Å². The molecule has 0 saturated carbocycles. The van der Waals surface area contributed by atoms with E-state index in [1.165, 1.54) is 0 Å². The molecule has 1 aromatic carbocycles. The number of aromatic nitrogens is 1. The van der Waals surface area contributed by atoms with Crippen LogP contribution in [0.5, 0.6) is 5.75 Å². The highest BCUT2D eigenvalue weighted by Crippen LogP contribution is 2.20. The molecular weight excluding hydrogens is 380 g/mol. The first-order valence-electron chi connectivity index (χ1n) is 10.5. The van der Waals surface area contributed by atoms with Crippen molar-refractivity contribution in [2.24, 2.45) is 11.1 Å². The van der Waals surface area contributed by atoms with Crippen LogP contribution in [0.2, 0.25) is 0 Å². The number of amides is 2. The standard InChI is InChI=1S/C23H30N4O3/c1-3-30-25-18-20-4-6-22(7-5-20)29-17-11-19(2)10-14-26-15-16-27(23(26)28)21-8-12-24-13-9-21/h4-9,12-13,18-19H,3,10-11,14-17H2,1-2H3/t19-/m1/s1. The van der Waals surface area contributed by atoms with E-state index < -0.39 is 0 Å². The van der Waals surface area contributed by atoms with Gasteiger partial charge in [0.25, 0.3) is 0 Å². The van der Waals surface area contributed by atoms with Crippen LogP contribution in [0.1, 0.15) is 32.3 Å². The molecule has 30 heavy (non-hydrogen) atoms. The highest BCUT2D eigenvalue weighted by molar-refractivity contribution is 5.94. The number of urea groups is 1. The number of hydrogen-bond acceptors (Lipinski definition) is 5. The van der Waals surface area contributed by atoms with Crippen molar-refractivity contribution in [1.82, 2.24) is 9.88 Å². The number of nitrogens with zero attached hydrogens (tertiary/aromatic N) is 4. The monoisotopic (exact) mass is 410 g/mol. The van der Waals surface area contributed by atoms with E-state index in [9.17, 15) is 4.79 Å².